The van der Waals surface area contributed by atoms with E-state index in [0.717, 1.165) is 13.0 Å². The minimum atomic E-state index is -0.749. The maximum Gasteiger partial charge on any atom is 0.304 e. The SMILES string of the molecule is CC(CC(=O)O)NCCC(C)c1ccccc1. The van der Waals surface area contributed by atoms with Gasteiger partial charge in [0, 0.05) is 6.04 Å². The number of benzene rings is 1. The van der Waals surface area contributed by atoms with Crippen LogP contribution in [-0.2, 0) is 4.79 Å². The molecular weight excluding hydrogens is 214 g/mol. The van der Waals surface area contributed by atoms with E-state index in [1.807, 2.05) is 25.1 Å². The van der Waals surface area contributed by atoms with Crippen LogP contribution in [0, 0.1) is 0 Å². The van der Waals surface area contributed by atoms with Crippen molar-refractivity contribution in [1.82, 2.24) is 5.32 Å². The molecule has 17 heavy (non-hydrogen) atoms. The summed E-state index contributed by atoms with van der Waals surface area (Å²) in [5, 5.41) is 11.9. The van der Waals surface area contributed by atoms with Crippen LogP contribution in [0.2, 0.25) is 0 Å². The molecule has 0 heterocycles. The lowest BCUT2D eigenvalue weighted by atomic mass is 9.98. The van der Waals surface area contributed by atoms with Gasteiger partial charge in [0.2, 0.25) is 0 Å². The van der Waals surface area contributed by atoms with Crippen LogP contribution < -0.4 is 5.32 Å². The molecule has 1 rings (SSSR count). The van der Waals surface area contributed by atoms with Crippen molar-refractivity contribution in [2.45, 2.75) is 38.6 Å². The van der Waals surface area contributed by atoms with Gasteiger partial charge in [-0.1, -0.05) is 37.3 Å². The molecule has 1 aromatic rings. The molecule has 2 atom stereocenters. The first-order valence-electron chi connectivity index (χ1n) is 6.09. The number of hydrogen-bond donors (Lipinski definition) is 2. The van der Waals surface area contributed by atoms with E-state index in [1.165, 1.54) is 5.56 Å². The number of hydrogen-bond acceptors (Lipinski definition) is 2. The number of carbonyl (C=O) groups is 1. The molecule has 0 radical (unpaired) electrons. The Bertz CT molecular complexity index is 337. The van der Waals surface area contributed by atoms with E-state index >= 15 is 0 Å². The van der Waals surface area contributed by atoms with E-state index in [0.29, 0.717) is 5.92 Å². The van der Waals surface area contributed by atoms with Crippen LogP contribution in [0.4, 0.5) is 0 Å². The molecule has 0 saturated carbocycles. The van der Waals surface area contributed by atoms with E-state index in [-0.39, 0.29) is 12.5 Å². The van der Waals surface area contributed by atoms with E-state index in [1.54, 1.807) is 0 Å². The first-order valence-corrected chi connectivity index (χ1v) is 6.09. The standard InChI is InChI=1S/C14H21NO2/c1-11(13-6-4-3-5-7-13)8-9-15-12(2)10-14(16)17/h3-7,11-12,15H,8-10H2,1-2H3,(H,16,17). The molecule has 0 bridgehead atoms. The first kappa shape index (κ1) is 13.7. The Kier molecular flexibility index (Phi) is 5.70. The Morgan fingerprint density at radius 3 is 2.53 bits per heavy atom. The molecule has 3 nitrogen and oxygen atoms in total. The molecule has 0 aliphatic carbocycles. The van der Waals surface area contributed by atoms with Crippen LogP contribution in [0.25, 0.3) is 0 Å². The molecule has 0 aliphatic rings. The number of nitrogens with one attached hydrogen (secondary N) is 1. The van der Waals surface area contributed by atoms with Gasteiger partial charge >= 0.3 is 5.97 Å². The average molecular weight is 235 g/mol. The summed E-state index contributed by atoms with van der Waals surface area (Å²) in [5.74, 6) is -0.248. The Morgan fingerprint density at radius 1 is 1.29 bits per heavy atom. The highest BCUT2D eigenvalue weighted by Gasteiger charge is 2.08. The van der Waals surface area contributed by atoms with Crippen molar-refractivity contribution in [2.75, 3.05) is 6.54 Å². The largest absolute Gasteiger partial charge is 0.481 e. The fourth-order valence-corrected chi connectivity index (χ4v) is 1.83. The van der Waals surface area contributed by atoms with Crippen LogP contribution in [0.5, 0.6) is 0 Å². The van der Waals surface area contributed by atoms with Crippen molar-refractivity contribution >= 4 is 5.97 Å². The average Bonchev–Trinajstić information content (AvgIpc) is 2.29. The Labute approximate surface area is 103 Å². The van der Waals surface area contributed by atoms with Gasteiger partial charge in [-0.25, -0.2) is 0 Å². The molecule has 94 valence electrons. The highest BCUT2D eigenvalue weighted by Crippen LogP contribution is 2.17. The van der Waals surface area contributed by atoms with Crippen molar-refractivity contribution in [1.29, 1.82) is 0 Å². The summed E-state index contributed by atoms with van der Waals surface area (Å²) in [4.78, 5) is 10.5. The second-order valence-electron chi connectivity index (χ2n) is 4.55. The van der Waals surface area contributed by atoms with Gasteiger partial charge in [-0.2, -0.15) is 0 Å². The van der Waals surface area contributed by atoms with Crippen molar-refractivity contribution in [3.05, 3.63) is 35.9 Å². The summed E-state index contributed by atoms with van der Waals surface area (Å²) >= 11 is 0. The lowest BCUT2D eigenvalue weighted by Crippen LogP contribution is -2.29. The number of rotatable bonds is 7. The molecule has 2 unspecified atom stereocenters. The van der Waals surface area contributed by atoms with Gasteiger partial charge in [-0.05, 0) is 31.4 Å². The Hall–Kier alpha value is -1.35. The second-order valence-corrected chi connectivity index (χ2v) is 4.55. The van der Waals surface area contributed by atoms with Crippen LogP contribution in [0.1, 0.15) is 38.2 Å². The zero-order valence-corrected chi connectivity index (χ0v) is 10.5. The summed E-state index contributed by atoms with van der Waals surface area (Å²) in [6.07, 6.45) is 1.20. The predicted molar refractivity (Wildman–Crippen MR) is 69.2 cm³/mol. The van der Waals surface area contributed by atoms with Crippen LogP contribution in [0.3, 0.4) is 0 Å². The number of aliphatic carboxylic acids is 1. The molecule has 0 aromatic heterocycles. The Balaban J connectivity index is 2.25. The van der Waals surface area contributed by atoms with Gasteiger partial charge in [0.1, 0.15) is 0 Å². The van der Waals surface area contributed by atoms with Crippen molar-refractivity contribution in [2.24, 2.45) is 0 Å². The van der Waals surface area contributed by atoms with E-state index < -0.39 is 5.97 Å². The van der Waals surface area contributed by atoms with Crippen molar-refractivity contribution in [3.63, 3.8) is 0 Å². The maximum absolute atomic E-state index is 10.5. The second kappa shape index (κ2) is 7.07. The molecule has 0 aliphatic heterocycles. The van der Waals surface area contributed by atoms with Crippen LogP contribution >= 0.6 is 0 Å². The summed E-state index contributed by atoms with van der Waals surface area (Å²) in [6, 6.07) is 10.4. The number of carboxylic acid groups (broad SMARTS) is 1. The monoisotopic (exact) mass is 235 g/mol. The summed E-state index contributed by atoms with van der Waals surface area (Å²) in [7, 11) is 0. The molecule has 3 heteroatoms. The highest BCUT2D eigenvalue weighted by molar-refractivity contribution is 5.67. The Morgan fingerprint density at radius 2 is 1.94 bits per heavy atom. The molecule has 0 spiro atoms. The fraction of sp³-hybridized carbons (Fsp3) is 0.500. The molecule has 2 N–H and O–H groups in total. The van der Waals surface area contributed by atoms with Crippen LogP contribution in [0.15, 0.2) is 30.3 Å². The zero-order valence-electron chi connectivity index (χ0n) is 10.5. The lowest BCUT2D eigenvalue weighted by molar-refractivity contribution is -0.137. The van der Waals surface area contributed by atoms with Gasteiger partial charge in [0.15, 0.2) is 0 Å². The van der Waals surface area contributed by atoms with Crippen molar-refractivity contribution < 1.29 is 9.90 Å². The maximum atomic E-state index is 10.5. The number of carboxylic acids is 1. The molecular formula is C14H21NO2. The molecule has 0 fully saturated rings. The van der Waals surface area contributed by atoms with E-state index in [2.05, 4.69) is 24.4 Å². The van der Waals surface area contributed by atoms with Gasteiger partial charge < -0.3 is 10.4 Å². The first-order chi connectivity index (χ1) is 8.09. The third kappa shape index (κ3) is 5.50. The summed E-state index contributed by atoms with van der Waals surface area (Å²) < 4.78 is 0. The predicted octanol–water partition coefficient (Wildman–Crippen LogP) is 2.63. The van der Waals surface area contributed by atoms with Crippen LogP contribution in [-0.4, -0.2) is 23.7 Å². The highest BCUT2D eigenvalue weighted by atomic mass is 16.4. The quantitative estimate of drug-likeness (QED) is 0.764. The lowest BCUT2D eigenvalue weighted by Gasteiger charge is -2.15. The summed E-state index contributed by atoms with van der Waals surface area (Å²) in [5.41, 5.74) is 1.33. The van der Waals surface area contributed by atoms with Crippen molar-refractivity contribution in [3.8, 4) is 0 Å². The fourth-order valence-electron chi connectivity index (χ4n) is 1.83. The third-order valence-electron chi connectivity index (χ3n) is 2.92. The summed E-state index contributed by atoms with van der Waals surface area (Å²) in [6.45, 7) is 4.95. The normalized spacial score (nSPS) is 14.2. The molecule has 0 amide bonds. The van der Waals surface area contributed by atoms with Gasteiger partial charge in [-0.3, -0.25) is 4.79 Å². The third-order valence-corrected chi connectivity index (χ3v) is 2.92. The molecule has 0 saturated heterocycles. The minimum Gasteiger partial charge on any atom is -0.481 e. The topological polar surface area (TPSA) is 49.3 Å². The van der Waals surface area contributed by atoms with Gasteiger partial charge in [0.05, 0.1) is 6.42 Å². The van der Waals surface area contributed by atoms with E-state index in [9.17, 15) is 4.79 Å². The van der Waals surface area contributed by atoms with E-state index in [4.69, 9.17) is 5.11 Å². The zero-order chi connectivity index (χ0) is 12.7. The smallest absolute Gasteiger partial charge is 0.304 e. The van der Waals surface area contributed by atoms with Gasteiger partial charge in [0.25, 0.3) is 0 Å². The molecule has 1 aromatic carbocycles. The minimum absolute atomic E-state index is 0.0375. The van der Waals surface area contributed by atoms with Gasteiger partial charge in [-0.15, -0.1) is 0 Å².